The first-order valence-corrected chi connectivity index (χ1v) is 7.70. The number of aliphatic hydroxyl groups excluding tert-OH is 1. The summed E-state index contributed by atoms with van der Waals surface area (Å²) >= 11 is 3.54. The number of aryl methyl sites for hydroxylation is 2. The summed E-state index contributed by atoms with van der Waals surface area (Å²) in [7, 11) is 0. The highest BCUT2D eigenvalue weighted by Gasteiger charge is 2.12. The van der Waals surface area contributed by atoms with Gasteiger partial charge in [0.1, 0.15) is 0 Å². The van der Waals surface area contributed by atoms with Gasteiger partial charge in [-0.15, -0.1) is 22.7 Å². The average Bonchev–Trinajstić information content (AvgIpc) is 2.96. The van der Waals surface area contributed by atoms with Gasteiger partial charge in [-0.05, 0) is 37.1 Å². The van der Waals surface area contributed by atoms with Crippen molar-refractivity contribution >= 4 is 22.7 Å². The Hall–Kier alpha value is -0.640. The van der Waals surface area contributed by atoms with Crippen LogP contribution in [0.15, 0.2) is 24.3 Å². The first-order chi connectivity index (χ1) is 8.22. The highest BCUT2D eigenvalue weighted by Crippen LogP contribution is 2.28. The topological polar surface area (TPSA) is 20.2 Å². The van der Waals surface area contributed by atoms with E-state index in [1.54, 1.807) is 11.3 Å². The van der Waals surface area contributed by atoms with Crippen molar-refractivity contribution < 1.29 is 5.11 Å². The van der Waals surface area contributed by atoms with Gasteiger partial charge in [0.15, 0.2) is 0 Å². The monoisotopic (exact) mass is 266 g/mol. The minimum Gasteiger partial charge on any atom is -0.387 e. The van der Waals surface area contributed by atoms with Gasteiger partial charge in [-0.3, -0.25) is 0 Å². The molecule has 2 rings (SSSR count). The Morgan fingerprint density at radius 1 is 0.941 bits per heavy atom. The minimum atomic E-state index is -0.344. The van der Waals surface area contributed by atoms with Crippen LogP contribution in [0.4, 0.5) is 0 Å². The lowest BCUT2D eigenvalue weighted by atomic mass is 10.2. The molecular formula is C14H18OS2. The fourth-order valence-electron chi connectivity index (χ4n) is 1.78. The van der Waals surface area contributed by atoms with E-state index in [0.29, 0.717) is 0 Å². The fraction of sp³-hybridized carbons (Fsp3) is 0.429. The van der Waals surface area contributed by atoms with Crippen LogP contribution in [0, 0.1) is 0 Å². The SMILES string of the molecule is CCc1ccc(CC(O)c2ccc(CC)s2)s1. The molecule has 0 aliphatic carbocycles. The van der Waals surface area contributed by atoms with Gasteiger partial charge in [-0.1, -0.05) is 13.8 Å². The fourth-order valence-corrected chi connectivity index (χ4v) is 3.71. The van der Waals surface area contributed by atoms with Gasteiger partial charge in [0, 0.05) is 25.9 Å². The van der Waals surface area contributed by atoms with Crippen molar-refractivity contribution in [3.05, 3.63) is 43.8 Å². The van der Waals surface area contributed by atoms with Crippen LogP contribution in [0.5, 0.6) is 0 Å². The molecule has 0 aliphatic heterocycles. The summed E-state index contributed by atoms with van der Waals surface area (Å²) in [5, 5.41) is 10.2. The Bertz CT molecular complexity index is 470. The van der Waals surface area contributed by atoms with Gasteiger partial charge >= 0.3 is 0 Å². The molecule has 0 spiro atoms. The summed E-state index contributed by atoms with van der Waals surface area (Å²) < 4.78 is 0. The van der Waals surface area contributed by atoms with Crippen LogP contribution >= 0.6 is 22.7 Å². The molecule has 3 heteroatoms. The molecule has 2 aromatic heterocycles. The van der Waals surface area contributed by atoms with E-state index in [2.05, 4.69) is 38.1 Å². The zero-order valence-electron chi connectivity index (χ0n) is 10.3. The van der Waals surface area contributed by atoms with Gasteiger partial charge in [0.05, 0.1) is 6.10 Å². The molecular weight excluding hydrogens is 248 g/mol. The Morgan fingerprint density at radius 2 is 1.53 bits per heavy atom. The normalized spacial score (nSPS) is 12.9. The molecule has 0 fully saturated rings. The Morgan fingerprint density at radius 3 is 2.12 bits per heavy atom. The molecule has 1 unspecified atom stereocenters. The van der Waals surface area contributed by atoms with E-state index in [0.717, 1.165) is 24.1 Å². The maximum atomic E-state index is 10.2. The van der Waals surface area contributed by atoms with Crippen LogP contribution in [0.3, 0.4) is 0 Å². The summed E-state index contributed by atoms with van der Waals surface area (Å²) in [5.41, 5.74) is 0. The lowest BCUT2D eigenvalue weighted by Crippen LogP contribution is -1.97. The van der Waals surface area contributed by atoms with Gasteiger partial charge in [-0.2, -0.15) is 0 Å². The van der Waals surface area contributed by atoms with Crippen LogP contribution in [0.25, 0.3) is 0 Å². The maximum absolute atomic E-state index is 10.2. The van der Waals surface area contributed by atoms with Crippen LogP contribution in [-0.4, -0.2) is 5.11 Å². The molecule has 0 aliphatic rings. The molecule has 17 heavy (non-hydrogen) atoms. The quantitative estimate of drug-likeness (QED) is 0.859. The summed E-state index contributed by atoms with van der Waals surface area (Å²) in [6, 6.07) is 8.48. The highest BCUT2D eigenvalue weighted by molar-refractivity contribution is 7.12. The molecule has 0 aromatic carbocycles. The smallest absolute Gasteiger partial charge is 0.0930 e. The first-order valence-electron chi connectivity index (χ1n) is 6.07. The number of thiophene rings is 2. The van der Waals surface area contributed by atoms with Gasteiger partial charge in [0.2, 0.25) is 0 Å². The van der Waals surface area contributed by atoms with Crippen molar-refractivity contribution in [3.63, 3.8) is 0 Å². The number of rotatable bonds is 5. The molecule has 0 saturated carbocycles. The molecule has 1 nitrogen and oxygen atoms in total. The minimum absolute atomic E-state index is 0.344. The van der Waals surface area contributed by atoms with Crippen molar-refractivity contribution in [2.45, 2.75) is 39.2 Å². The Balaban J connectivity index is 2.02. The van der Waals surface area contributed by atoms with E-state index in [-0.39, 0.29) is 6.10 Å². The molecule has 0 amide bonds. The van der Waals surface area contributed by atoms with E-state index in [4.69, 9.17) is 0 Å². The molecule has 1 N–H and O–H groups in total. The average molecular weight is 266 g/mol. The van der Waals surface area contributed by atoms with Crippen LogP contribution in [0.1, 0.15) is 39.5 Å². The third-order valence-corrected chi connectivity index (χ3v) is 5.40. The van der Waals surface area contributed by atoms with Crippen molar-refractivity contribution in [1.29, 1.82) is 0 Å². The van der Waals surface area contributed by atoms with Crippen molar-refractivity contribution in [2.75, 3.05) is 0 Å². The van der Waals surface area contributed by atoms with Crippen LogP contribution in [0.2, 0.25) is 0 Å². The van der Waals surface area contributed by atoms with Crippen LogP contribution < -0.4 is 0 Å². The second-order valence-corrected chi connectivity index (χ2v) is 6.55. The molecule has 0 saturated heterocycles. The zero-order valence-corrected chi connectivity index (χ0v) is 11.9. The third-order valence-electron chi connectivity index (χ3n) is 2.82. The number of aliphatic hydroxyl groups is 1. The summed E-state index contributed by atoms with van der Waals surface area (Å²) in [6.07, 6.45) is 2.54. The van der Waals surface area contributed by atoms with Crippen molar-refractivity contribution in [1.82, 2.24) is 0 Å². The second-order valence-electron chi connectivity index (χ2n) is 4.10. The van der Waals surface area contributed by atoms with Gasteiger partial charge in [-0.25, -0.2) is 0 Å². The molecule has 0 radical (unpaired) electrons. The number of hydrogen-bond acceptors (Lipinski definition) is 3. The van der Waals surface area contributed by atoms with E-state index < -0.39 is 0 Å². The standard InChI is InChI=1S/C14H18OS2/c1-3-10-5-6-12(16-10)9-13(15)14-8-7-11(4-2)17-14/h5-8,13,15H,3-4,9H2,1-2H3. The molecule has 2 heterocycles. The second kappa shape index (κ2) is 5.80. The predicted octanol–water partition coefficient (Wildman–Crippen LogP) is 4.21. The Kier molecular flexibility index (Phi) is 4.37. The largest absolute Gasteiger partial charge is 0.387 e. The van der Waals surface area contributed by atoms with E-state index in [1.807, 2.05) is 11.3 Å². The van der Waals surface area contributed by atoms with Crippen molar-refractivity contribution in [2.24, 2.45) is 0 Å². The lowest BCUT2D eigenvalue weighted by molar-refractivity contribution is 0.183. The van der Waals surface area contributed by atoms with Crippen LogP contribution in [-0.2, 0) is 19.3 Å². The highest BCUT2D eigenvalue weighted by atomic mass is 32.1. The predicted molar refractivity (Wildman–Crippen MR) is 76.1 cm³/mol. The molecule has 1 atom stereocenters. The number of hydrogen-bond donors (Lipinski definition) is 1. The third kappa shape index (κ3) is 3.18. The molecule has 0 bridgehead atoms. The first kappa shape index (κ1) is 12.8. The summed E-state index contributed by atoms with van der Waals surface area (Å²) in [5.74, 6) is 0. The van der Waals surface area contributed by atoms with Gasteiger partial charge < -0.3 is 5.11 Å². The summed E-state index contributed by atoms with van der Waals surface area (Å²) in [6.45, 7) is 4.31. The Labute approximate surface area is 111 Å². The maximum Gasteiger partial charge on any atom is 0.0930 e. The van der Waals surface area contributed by atoms with E-state index >= 15 is 0 Å². The zero-order chi connectivity index (χ0) is 12.3. The van der Waals surface area contributed by atoms with E-state index in [1.165, 1.54) is 14.6 Å². The van der Waals surface area contributed by atoms with E-state index in [9.17, 15) is 5.11 Å². The summed E-state index contributed by atoms with van der Waals surface area (Å²) in [4.78, 5) is 5.11. The lowest BCUT2D eigenvalue weighted by Gasteiger charge is -2.06. The molecule has 92 valence electrons. The van der Waals surface area contributed by atoms with Gasteiger partial charge in [0.25, 0.3) is 0 Å². The molecule has 2 aromatic rings. The van der Waals surface area contributed by atoms with Crippen molar-refractivity contribution in [3.8, 4) is 0 Å².